The van der Waals surface area contributed by atoms with Crippen molar-refractivity contribution in [1.29, 1.82) is 0 Å². The molecular formula is C55H38. The van der Waals surface area contributed by atoms with Crippen LogP contribution in [-0.4, -0.2) is 0 Å². The first-order valence-electron chi connectivity index (χ1n) is 19.3. The average Bonchev–Trinajstić information content (AvgIpc) is 3.47. The van der Waals surface area contributed by atoms with E-state index in [0.717, 1.165) is 0 Å². The summed E-state index contributed by atoms with van der Waals surface area (Å²) in [6.45, 7) is 4.75. The third-order valence-corrected chi connectivity index (χ3v) is 12.2. The minimum absolute atomic E-state index is 0.0821. The predicted molar refractivity (Wildman–Crippen MR) is 236 cm³/mol. The molecule has 0 nitrogen and oxygen atoms in total. The Morgan fingerprint density at radius 2 is 0.818 bits per heavy atom. The van der Waals surface area contributed by atoms with E-state index in [4.69, 9.17) is 0 Å². The molecule has 0 spiro atoms. The summed E-state index contributed by atoms with van der Waals surface area (Å²) in [6.07, 6.45) is 0. The van der Waals surface area contributed by atoms with Gasteiger partial charge < -0.3 is 0 Å². The smallest absolute Gasteiger partial charge is 0.0159 e. The van der Waals surface area contributed by atoms with Gasteiger partial charge in [0.25, 0.3) is 0 Å². The Morgan fingerprint density at radius 3 is 1.64 bits per heavy atom. The Hall–Kier alpha value is -6.76. The van der Waals surface area contributed by atoms with Crippen molar-refractivity contribution in [2.45, 2.75) is 19.3 Å². The highest BCUT2D eigenvalue weighted by atomic mass is 14.4. The molecule has 55 heavy (non-hydrogen) atoms. The molecule has 11 rings (SSSR count). The number of benzene rings is 10. The molecule has 1 aliphatic rings. The van der Waals surface area contributed by atoms with Crippen LogP contribution in [0.5, 0.6) is 0 Å². The first-order chi connectivity index (χ1) is 27.0. The van der Waals surface area contributed by atoms with Crippen LogP contribution in [0, 0.1) is 0 Å². The Balaban J connectivity index is 1.14. The predicted octanol–water partition coefficient (Wildman–Crippen LogP) is 15.3. The van der Waals surface area contributed by atoms with E-state index < -0.39 is 0 Å². The number of hydrogen-bond donors (Lipinski definition) is 0. The lowest BCUT2D eigenvalue weighted by Gasteiger charge is -2.23. The van der Waals surface area contributed by atoms with Gasteiger partial charge in [0.05, 0.1) is 0 Å². The van der Waals surface area contributed by atoms with Crippen molar-refractivity contribution in [2.24, 2.45) is 0 Å². The summed E-state index contributed by atoms with van der Waals surface area (Å²) in [7, 11) is 0. The first kappa shape index (κ1) is 31.7. The van der Waals surface area contributed by atoms with Gasteiger partial charge in [0.1, 0.15) is 0 Å². The molecule has 0 amide bonds. The van der Waals surface area contributed by atoms with Crippen LogP contribution in [0.25, 0.3) is 98.7 Å². The van der Waals surface area contributed by atoms with Crippen LogP contribution in [0.4, 0.5) is 0 Å². The van der Waals surface area contributed by atoms with Gasteiger partial charge in [-0.1, -0.05) is 184 Å². The van der Waals surface area contributed by atoms with Gasteiger partial charge in [-0.2, -0.15) is 0 Å². The number of hydrogen-bond acceptors (Lipinski definition) is 0. The SMILES string of the molecule is CC1(C)c2ccccc2-c2ccc(-c3c4ccccc4c(-c4ccc5cc(-c6cccc7ccccc67)ccc5c4)c4ccc(-c5ccccc5)cc34)cc21. The summed E-state index contributed by atoms with van der Waals surface area (Å²) in [6, 6.07) is 72.3. The van der Waals surface area contributed by atoms with Crippen LogP contribution in [-0.2, 0) is 5.41 Å². The zero-order valence-electron chi connectivity index (χ0n) is 31.0. The minimum atomic E-state index is -0.0821. The second kappa shape index (κ2) is 12.1. The van der Waals surface area contributed by atoms with Gasteiger partial charge in [-0.05, 0) is 134 Å². The van der Waals surface area contributed by atoms with Crippen LogP contribution in [0.2, 0.25) is 0 Å². The standard InChI is InChI=1S/C55H38/c1-55(2)51-22-11-10-18-45(51)46-29-28-42(34-52(46)55)54-48-20-9-8-19-47(48)53(49-30-27-39(33-50(49)54)35-13-4-3-5-14-35)41-26-24-37-31-40(25-23-38(37)32-41)44-21-12-16-36-15-6-7-17-43(36)44/h3-34H,1-2H3. The fraction of sp³-hybridized carbons (Fsp3) is 0.0545. The van der Waals surface area contributed by atoms with Crippen molar-refractivity contribution < 1.29 is 0 Å². The molecule has 0 radical (unpaired) electrons. The Labute approximate surface area is 322 Å². The van der Waals surface area contributed by atoms with E-state index in [0.29, 0.717) is 0 Å². The largest absolute Gasteiger partial charge is 0.0622 e. The van der Waals surface area contributed by atoms with Crippen molar-refractivity contribution in [3.05, 3.63) is 205 Å². The van der Waals surface area contributed by atoms with Crippen molar-refractivity contribution in [2.75, 3.05) is 0 Å². The van der Waals surface area contributed by atoms with Gasteiger partial charge in [-0.3, -0.25) is 0 Å². The van der Waals surface area contributed by atoms with Gasteiger partial charge >= 0.3 is 0 Å². The highest BCUT2D eigenvalue weighted by molar-refractivity contribution is 6.22. The molecule has 0 unspecified atom stereocenters. The molecular weight excluding hydrogens is 661 g/mol. The quantitative estimate of drug-likeness (QED) is 0.161. The van der Waals surface area contributed by atoms with Crippen molar-refractivity contribution in [3.63, 3.8) is 0 Å². The lowest BCUT2D eigenvalue weighted by Crippen LogP contribution is -2.14. The van der Waals surface area contributed by atoms with Gasteiger partial charge in [-0.15, -0.1) is 0 Å². The van der Waals surface area contributed by atoms with Gasteiger partial charge in [0.15, 0.2) is 0 Å². The van der Waals surface area contributed by atoms with Crippen molar-refractivity contribution in [1.82, 2.24) is 0 Å². The number of rotatable bonds is 4. The van der Waals surface area contributed by atoms with Crippen molar-refractivity contribution in [3.8, 4) is 55.6 Å². The third-order valence-electron chi connectivity index (χ3n) is 12.2. The van der Waals surface area contributed by atoms with E-state index in [-0.39, 0.29) is 5.41 Å². The van der Waals surface area contributed by atoms with Gasteiger partial charge in [-0.25, -0.2) is 0 Å². The fourth-order valence-electron chi connectivity index (χ4n) is 9.52. The van der Waals surface area contributed by atoms with Crippen LogP contribution in [0.1, 0.15) is 25.0 Å². The van der Waals surface area contributed by atoms with E-state index in [1.165, 1.54) is 110 Å². The Morgan fingerprint density at radius 1 is 0.273 bits per heavy atom. The summed E-state index contributed by atoms with van der Waals surface area (Å²) >= 11 is 0. The van der Waals surface area contributed by atoms with Gasteiger partial charge in [0, 0.05) is 5.41 Å². The summed E-state index contributed by atoms with van der Waals surface area (Å²) in [5.74, 6) is 0. The maximum absolute atomic E-state index is 2.48. The van der Waals surface area contributed by atoms with Gasteiger partial charge in [0.2, 0.25) is 0 Å². The molecule has 0 aromatic heterocycles. The lowest BCUT2D eigenvalue weighted by molar-refractivity contribution is 0.660. The molecule has 0 aliphatic heterocycles. The van der Waals surface area contributed by atoms with Crippen LogP contribution < -0.4 is 0 Å². The molecule has 10 aromatic carbocycles. The summed E-state index contributed by atoms with van der Waals surface area (Å²) < 4.78 is 0. The maximum atomic E-state index is 2.48. The second-order valence-electron chi connectivity index (χ2n) is 15.7. The fourth-order valence-corrected chi connectivity index (χ4v) is 9.52. The van der Waals surface area contributed by atoms with E-state index >= 15 is 0 Å². The molecule has 0 heteroatoms. The molecule has 10 aromatic rings. The highest BCUT2D eigenvalue weighted by Gasteiger charge is 2.35. The summed E-state index contributed by atoms with van der Waals surface area (Å²) in [4.78, 5) is 0. The third kappa shape index (κ3) is 4.92. The topological polar surface area (TPSA) is 0 Å². The molecule has 1 aliphatic carbocycles. The highest BCUT2D eigenvalue weighted by Crippen LogP contribution is 2.51. The molecule has 0 heterocycles. The molecule has 258 valence electrons. The van der Waals surface area contributed by atoms with E-state index in [2.05, 4.69) is 208 Å². The van der Waals surface area contributed by atoms with E-state index in [9.17, 15) is 0 Å². The zero-order valence-corrected chi connectivity index (χ0v) is 31.0. The maximum Gasteiger partial charge on any atom is 0.0159 e. The molecule has 0 bridgehead atoms. The molecule has 0 saturated heterocycles. The minimum Gasteiger partial charge on any atom is -0.0622 e. The van der Waals surface area contributed by atoms with Crippen LogP contribution >= 0.6 is 0 Å². The molecule has 0 fully saturated rings. The number of fused-ring (bicyclic) bond motifs is 7. The Bertz CT molecular complexity index is 3160. The molecule has 0 saturated carbocycles. The first-order valence-corrected chi connectivity index (χ1v) is 19.3. The van der Waals surface area contributed by atoms with Crippen LogP contribution in [0.3, 0.4) is 0 Å². The van der Waals surface area contributed by atoms with Crippen LogP contribution in [0.15, 0.2) is 194 Å². The normalized spacial score (nSPS) is 13.1. The summed E-state index contributed by atoms with van der Waals surface area (Å²) in [5, 5.41) is 10.1. The van der Waals surface area contributed by atoms with Crippen molar-refractivity contribution >= 4 is 43.1 Å². The zero-order chi connectivity index (χ0) is 36.7. The average molecular weight is 699 g/mol. The Kier molecular flexibility index (Phi) is 7.00. The van der Waals surface area contributed by atoms with E-state index in [1.54, 1.807) is 0 Å². The molecule has 0 atom stereocenters. The summed E-state index contributed by atoms with van der Waals surface area (Å²) in [5.41, 5.74) is 15.4. The molecule has 0 N–H and O–H groups in total. The lowest BCUT2D eigenvalue weighted by atomic mass is 9.80. The monoisotopic (exact) mass is 698 g/mol. The second-order valence-corrected chi connectivity index (χ2v) is 15.7. The van der Waals surface area contributed by atoms with E-state index in [1.807, 2.05) is 0 Å².